The first-order valence-corrected chi connectivity index (χ1v) is 10.9. The van der Waals surface area contributed by atoms with Gasteiger partial charge in [-0.2, -0.15) is 9.13 Å². The normalized spacial score (nSPS) is 18.1. The lowest BCUT2D eigenvalue weighted by Gasteiger charge is -2.17. The summed E-state index contributed by atoms with van der Waals surface area (Å²) >= 11 is 0. The molecular formula is C24H24ClN2O4+. The van der Waals surface area contributed by atoms with Crippen molar-refractivity contribution in [2.45, 2.75) is 27.7 Å². The highest BCUT2D eigenvalue weighted by Crippen LogP contribution is 2.29. The van der Waals surface area contributed by atoms with Crippen molar-refractivity contribution < 1.29 is 38.0 Å². The second-order valence-corrected chi connectivity index (χ2v) is 8.03. The van der Waals surface area contributed by atoms with E-state index < -0.39 is 10.2 Å². The number of nitrogens with zero attached hydrogens (tertiary/aromatic N) is 2. The summed E-state index contributed by atoms with van der Waals surface area (Å²) in [7, 11) is -4.94. The molecule has 0 aromatic carbocycles. The highest BCUT2D eigenvalue weighted by atomic mass is 35.7. The van der Waals surface area contributed by atoms with Crippen molar-refractivity contribution >= 4 is 22.5 Å². The molecule has 0 saturated heterocycles. The molecule has 0 unspecified atom stereocenters. The first kappa shape index (κ1) is 22.8. The summed E-state index contributed by atoms with van der Waals surface area (Å²) in [5.41, 5.74) is 10.4. The van der Waals surface area contributed by atoms with Crippen LogP contribution < -0.4 is 27.8 Å². The van der Waals surface area contributed by atoms with Gasteiger partial charge in [0, 0.05) is 58.7 Å². The van der Waals surface area contributed by atoms with Crippen LogP contribution in [-0.4, -0.2) is 0 Å². The highest BCUT2D eigenvalue weighted by Gasteiger charge is 2.29. The van der Waals surface area contributed by atoms with Crippen molar-refractivity contribution in [1.82, 2.24) is 0 Å². The van der Waals surface area contributed by atoms with E-state index in [4.69, 9.17) is 18.6 Å². The monoisotopic (exact) mass is 439 g/mol. The van der Waals surface area contributed by atoms with E-state index in [1.807, 2.05) is 0 Å². The van der Waals surface area contributed by atoms with Crippen LogP contribution in [-0.2, 0) is 0 Å². The Morgan fingerprint density at radius 1 is 0.613 bits per heavy atom. The lowest BCUT2D eigenvalue weighted by atomic mass is 10.1. The molecule has 2 aliphatic heterocycles. The maximum absolute atomic E-state index is 8.49. The first-order chi connectivity index (χ1) is 14.6. The smallest absolute Gasteiger partial charge is 0.214 e. The Kier molecular flexibility index (Phi) is 6.69. The molecule has 0 saturated carbocycles. The van der Waals surface area contributed by atoms with E-state index >= 15 is 0 Å². The molecule has 160 valence electrons. The van der Waals surface area contributed by atoms with E-state index in [0.717, 1.165) is 0 Å². The van der Waals surface area contributed by atoms with Crippen molar-refractivity contribution in [3.63, 3.8) is 0 Å². The number of allylic oxidation sites excluding steroid dienone is 10. The molecule has 0 amide bonds. The predicted molar refractivity (Wildman–Crippen MR) is 107 cm³/mol. The molecule has 0 fully saturated rings. The van der Waals surface area contributed by atoms with Gasteiger partial charge in [-0.25, -0.2) is 18.6 Å². The van der Waals surface area contributed by atoms with Crippen molar-refractivity contribution in [3.8, 4) is 0 Å². The fourth-order valence-electron chi connectivity index (χ4n) is 3.75. The predicted octanol–water partition coefficient (Wildman–Crippen LogP) is 0.0578. The quantitative estimate of drug-likeness (QED) is 0.617. The van der Waals surface area contributed by atoms with Crippen LogP contribution >= 0.6 is 0 Å². The molecule has 0 radical (unpaired) electrons. The number of aromatic nitrogens is 2. The van der Waals surface area contributed by atoms with Crippen molar-refractivity contribution in [2.75, 3.05) is 0 Å². The SMILES string of the molecule is CC1=C(C)c2cccc[n+]2\C1=C/C=C/C=C1\C(C)=C(C)c2cccc[n+]21.[O-][Cl+3]([O-])([O-])[O-]. The Morgan fingerprint density at radius 2 is 0.968 bits per heavy atom. The average Bonchev–Trinajstić information content (AvgIpc) is 3.10. The summed E-state index contributed by atoms with van der Waals surface area (Å²) in [6.45, 7) is 8.77. The number of hydrogen-bond acceptors (Lipinski definition) is 4. The lowest BCUT2D eigenvalue weighted by Crippen LogP contribution is -2.68. The van der Waals surface area contributed by atoms with E-state index in [1.54, 1.807) is 0 Å². The summed E-state index contributed by atoms with van der Waals surface area (Å²) in [6.07, 6.45) is 12.9. The van der Waals surface area contributed by atoms with Gasteiger partial charge in [0.25, 0.3) is 0 Å². The molecule has 0 atom stereocenters. The molecule has 6 nitrogen and oxygen atoms in total. The molecule has 2 aromatic heterocycles. The van der Waals surface area contributed by atoms with Gasteiger partial charge in [0.05, 0.1) is 0 Å². The number of fused-ring (bicyclic) bond motifs is 2. The molecule has 0 aliphatic carbocycles. The fourth-order valence-corrected chi connectivity index (χ4v) is 3.75. The number of pyridine rings is 2. The van der Waals surface area contributed by atoms with Crippen LogP contribution in [0.5, 0.6) is 0 Å². The average molecular weight is 440 g/mol. The van der Waals surface area contributed by atoms with E-state index in [0.29, 0.717) is 0 Å². The zero-order valence-corrected chi connectivity index (χ0v) is 18.6. The summed E-state index contributed by atoms with van der Waals surface area (Å²) < 4.78 is 38.5. The molecule has 2 aromatic rings. The van der Waals surface area contributed by atoms with Gasteiger partial charge in [0.2, 0.25) is 22.8 Å². The Morgan fingerprint density at radius 3 is 1.32 bits per heavy atom. The van der Waals surface area contributed by atoms with Crippen molar-refractivity contribution in [2.24, 2.45) is 0 Å². The van der Waals surface area contributed by atoms with Gasteiger partial charge in [-0.3, -0.25) is 0 Å². The fraction of sp³-hybridized carbons (Fsp3) is 0.167. The van der Waals surface area contributed by atoms with Crippen LogP contribution in [0.25, 0.3) is 22.5 Å². The van der Waals surface area contributed by atoms with Gasteiger partial charge in [0.15, 0.2) is 12.4 Å². The van der Waals surface area contributed by atoms with Gasteiger partial charge < -0.3 is 0 Å². The topological polar surface area (TPSA) is 100 Å². The van der Waals surface area contributed by atoms with Crippen LogP contribution in [0.1, 0.15) is 39.1 Å². The third-order valence-electron chi connectivity index (χ3n) is 5.52. The largest absolute Gasteiger partial charge is 0.222 e. The second kappa shape index (κ2) is 9.09. The zero-order valence-electron chi connectivity index (χ0n) is 17.8. The first-order valence-electron chi connectivity index (χ1n) is 9.68. The zero-order chi connectivity index (χ0) is 22.8. The van der Waals surface area contributed by atoms with E-state index in [2.05, 4.69) is 110 Å². The van der Waals surface area contributed by atoms with Crippen LogP contribution in [0, 0.1) is 10.2 Å². The molecule has 2 aliphatic rings. The lowest BCUT2D eigenvalue weighted by molar-refractivity contribution is -2.00. The minimum absolute atomic E-state index is 1.25. The molecule has 31 heavy (non-hydrogen) atoms. The molecule has 4 rings (SSSR count). The minimum Gasteiger partial charge on any atom is -0.222 e. The summed E-state index contributed by atoms with van der Waals surface area (Å²) in [5, 5.41) is 0. The third-order valence-corrected chi connectivity index (χ3v) is 5.52. The summed E-state index contributed by atoms with van der Waals surface area (Å²) in [5.74, 6) is 0. The molecule has 7 heteroatoms. The summed E-state index contributed by atoms with van der Waals surface area (Å²) in [6, 6.07) is 12.7. The minimum atomic E-state index is -4.94. The van der Waals surface area contributed by atoms with E-state index in [9.17, 15) is 0 Å². The van der Waals surface area contributed by atoms with E-state index in [-0.39, 0.29) is 0 Å². The van der Waals surface area contributed by atoms with Crippen LogP contribution in [0.4, 0.5) is 0 Å². The molecular weight excluding hydrogens is 416 g/mol. The second-order valence-electron chi connectivity index (χ2n) is 7.28. The van der Waals surface area contributed by atoms with Gasteiger partial charge >= 0.3 is 0 Å². The van der Waals surface area contributed by atoms with Gasteiger partial charge in [0.1, 0.15) is 0 Å². The number of hydrogen-bond donors (Lipinski definition) is 0. The van der Waals surface area contributed by atoms with Crippen LogP contribution in [0.15, 0.2) is 84.2 Å². The van der Waals surface area contributed by atoms with Gasteiger partial charge in [-0.1, -0.05) is 12.2 Å². The van der Waals surface area contributed by atoms with E-state index in [1.165, 1.54) is 45.1 Å². The standard InChI is InChI=1S/C24H24N2.ClHO4/c1-17-19(3)23-13-7-9-15-25(23)21(17)11-5-6-12-22-18(2)20(4)24-14-8-10-16-26(22)24;2-1(3,4)5/h5-16H,1-4H3;(H,2,3,4,5)/q+2;/p-1/b6-5+,21-11-,22-12+;. The molecule has 4 heterocycles. The third kappa shape index (κ3) is 5.07. The Labute approximate surface area is 184 Å². The van der Waals surface area contributed by atoms with Gasteiger partial charge in [-0.05, 0) is 39.8 Å². The Hall–Kier alpha value is -2.87. The van der Waals surface area contributed by atoms with Crippen LogP contribution in [0.3, 0.4) is 0 Å². The number of rotatable bonds is 2. The van der Waals surface area contributed by atoms with Crippen molar-refractivity contribution in [1.29, 1.82) is 0 Å². The summed E-state index contributed by atoms with van der Waals surface area (Å²) in [4.78, 5) is 0. The maximum Gasteiger partial charge on any atom is 0.214 e. The molecule has 0 N–H and O–H groups in total. The van der Waals surface area contributed by atoms with Gasteiger partial charge in [-0.15, -0.1) is 10.2 Å². The van der Waals surface area contributed by atoms with Crippen LogP contribution in [0.2, 0.25) is 0 Å². The highest BCUT2D eigenvalue weighted by molar-refractivity contribution is 5.81. The molecule has 0 bridgehead atoms. The Balaban J connectivity index is 0.000000491. The number of halogens is 1. The van der Waals surface area contributed by atoms with Crippen molar-refractivity contribution in [3.05, 3.63) is 95.6 Å². The maximum atomic E-state index is 8.49. The Bertz CT molecular complexity index is 1080. The molecule has 0 spiro atoms.